The van der Waals surface area contributed by atoms with Crippen LogP contribution in [0.1, 0.15) is 6.92 Å². The van der Waals surface area contributed by atoms with Crippen molar-refractivity contribution in [2.45, 2.75) is 13.0 Å². The number of anilines is 3. The molecule has 31 heavy (non-hydrogen) atoms. The highest BCUT2D eigenvalue weighted by Crippen LogP contribution is 2.25. The van der Waals surface area contributed by atoms with E-state index in [9.17, 15) is 4.79 Å². The largest absolute Gasteiger partial charge is 0.479 e. The average Bonchev–Trinajstić information content (AvgIpc) is 2.81. The molecule has 7 nitrogen and oxygen atoms in total. The predicted molar refractivity (Wildman–Crippen MR) is 123 cm³/mol. The summed E-state index contributed by atoms with van der Waals surface area (Å²) < 4.78 is 5.68. The number of benzene rings is 2. The Morgan fingerprint density at radius 1 is 1.00 bits per heavy atom. The molecule has 4 rings (SSSR count). The molecule has 1 fully saturated rings. The van der Waals surface area contributed by atoms with Crippen molar-refractivity contribution < 1.29 is 9.53 Å². The van der Waals surface area contributed by atoms with Crippen LogP contribution in [0.25, 0.3) is 0 Å². The highest BCUT2D eigenvalue weighted by Gasteiger charge is 2.20. The third-order valence-electron chi connectivity index (χ3n) is 5.14. The number of halogens is 1. The number of rotatable bonds is 6. The molecule has 1 aliphatic heterocycles. The molecule has 0 saturated carbocycles. The zero-order valence-corrected chi connectivity index (χ0v) is 18.0. The van der Waals surface area contributed by atoms with Crippen LogP contribution >= 0.6 is 11.6 Å². The molecule has 0 radical (unpaired) electrons. The summed E-state index contributed by atoms with van der Waals surface area (Å²) in [5.41, 5.74) is 1.23. The Labute approximate surface area is 186 Å². The normalized spacial score (nSPS) is 14.8. The third-order valence-corrected chi connectivity index (χ3v) is 5.45. The number of piperazine rings is 1. The SMILES string of the molecule is C[C@@H](Oc1ccccc1Cl)C(=O)Nc1cc(N2CCN(c3ccccc3)CC2)ncn1. The average molecular weight is 438 g/mol. The highest BCUT2D eigenvalue weighted by atomic mass is 35.5. The molecule has 0 spiro atoms. The lowest BCUT2D eigenvalue weighted by molar-refractivity contribution is -0.122. The number of amides is 1. The summed E-state index contributed by atoms with van der Waals surface area (Å²) in [6.07, 6.45) is 0.737. The molecule has 0 bridgehead atoms. The van der Waals surface area contributed by atoms with Crippen molar-refractivity contribution >= 4 is 34.8 Å². The van der Waals surface area contributed by atoms with Crippen LogP contribution in [0.4, 0.5) is 17.3 Å². The first-order chi connectivity index (χ1) is 15.1. The Morgan fingerprint density at radius 3 is 2.42 bits per heavy atom. The Kier molecular flexibility index (Phi) is 6.52. The fourth-order valence-electron chi connectivity index (χ4n) is 3.43. The van der Waals surface area contributed by atoms with Crippen LogP contribution in [0.15, 0.2) is 67.0 Å². The van der Waals surface area contributed by atoms with E-state index >= 15 is 0 Å². The van der Waals surface area contributed by atoms with Crippen LogP contribution < -0.4 is 19.9 Å². The molecule has 0 aliphatic carbocycles. The Morgan fingerprint density at radius 2 is 1.68 bits per heavy atom. The maximum absolute atomic E-state index is 12.6. The molecule has 2 heterocycles. The zero-order valence-electron chi connectivity index (χ0n) is 17.2. The van der Waals surface area contributed by atoms with Crippen LogP contribution in [-0.2, 0) is 4.79 Å². The maximum Gasteiger partial charge on any atom is 0.266 e. The van der Waals surface area contributed by atoms with E-state index in [0.29, 0.717) is 16.6 Å². The van der Waals surface area contributed by atoms with E-state index in [0.717, 1.165) is 32.0 Å². The summed E-state index contributed by atoms with van der Waals surface area (Å²) in [5.74, 6) is 1.39. The van der Waals surface area contributed by atoms with Gasteiger partial charge in [0.1, 0.15) is 23.7 Å². The molecular weight excluding hydrogens is 414 g/mol. The van der Waals surface area contributed by atoms with Gasteiger partial charge in [0.2, 0.25) is 0 Å². The summed E-state index contributed by atoms with van der Waals surface area (Å²) in [6.45, 7) is 5.15. The van der Waals surface area contributed by atoms with Crippen LogP contribution in [0.3, 0.4) is 0 Å². The number of hydrogen-bond acceptors (Lipinski definition) is 6. The van der Waals surface area contributed by atoms with Crippen LogP contribution in [0, 0.1) is 0 Å². The minimum atomic E-state index is -0.729. The monoisotopic (exact) mass is 437 g/mol. The van der Waals surface area contributed by atoms with Crippen molar-refractivity contribution in [3.05, 3.63) is 72.0 Å². The molecule has 1 N–H and O–H groups in total. The van der Waals surface area contributed by atoms with Crippen LogP contribution in [0.5, 0.6) is 5.75 Å². The van der Waals surface area contributed by atoms with Gasteiger partial charge in [-0.3, -0.25) is 4.79 Å². The lowest BCUT2D eigenvalue weighted by atomic mass is 10.2. The van der Waals surface area contributed by atoms with Crippen molar-refractivity contribution in [2.24, 2.45) is 0 Å². The van der Waals surface area contributed by atoms with Gasteiger partial charge in [0.05, 0.1) is 5.02 Å². The minimum Gasteiger partial charge on any atom is -0.479 e. The molecule has 0 unspecified atom stereocenters. The molecule has 2 aromatic carbocycles. The minimum absolute atomic E-state index is 0.307. The van der Waals surface area contributed by atoms with E-state index in [1.165, 1.54) is 12.0 Å². The fraction of sp³-hybridized carbons (Fsp3) is 0.261. The first-order valence-electron chi connectivity index (χ1n) is 10.2. The van der Waals surface area contributed by atoms with E-state index in [-0.39, 0.29) is 5.91 Å². The van der Waals surface area contributed by atoms with Gasteiger partial charge in [0, 0.05) is 37.9 Å². The van der Waals surface area contributed by atoms with Crippen molar-refractivity contribution in [1.29, 1.82) is 0 Å². The van der Waals surface area contributed by atoms with Gasteiger partial charge in [-0.15, -0.1) is 0 Å². The van der Waals surface area contributed by atoms with Gasteiger partial charge in [-0.25, -0.2) is 9.97 Å². The molecule has 1 amide bonds. The van der Waals surface area contributed by atoms with Crippen molar-refractivity contribution in [1.82, 2.24) is 9.97 Å². The molecule has 3 aromatic rings. The van der Waals surface area contributed by atoms with Crippen molar-refractivity contribution in [3.8, 4) is 5.75 Å². The molecular formula is C23H24ClN5O2. The summed E-state index contributed by atoms with van der Waals surface area (Å²) in [4.78, 5) is 25.7. The second kappa shape index (κ2) is 9.66. The van der Waals surface area contributed by atoms with Gasteiger partial charge in [0.25, 0.3) is 5.91 Å². The van der Waals surface area contributed by atoms with E-state index in [2.05, 4.69) is 49.4 Å². The van der Waals surface area contributed by atoms with Gasteiger partial charge in [-0.1, -0.05) is 41.9 Å². The Hall–Kier alpha value is -3.32. The first-order valence-corrected chi connectivity index (χ1v) is 10.6. The maximum atomic E-state index is 12.6. The number of hydrogen-bond donors (Lipinski definition) is 1. The zero-order chi connectivity index (χ0) is 21.6. The topological polar surface area (TPSA) is 70.6 Å². The van der Waals surface area contributed by atoms with Crippen molar-refractivity contribution in [3.63, 3.8) is 0 Å². The second-order valence-corrected chi connectivity index (χ2v) is 7.66. The first kappa shape index (κ1) is 20.9. The summed E-state index contributed by atoms with van der Waals surface area (Å²) >= 11 is 6.10. The van der Waals surface area contributed by atoms with E-state index in [4.69, 9.17) is 16.3 Å². The van der Waals surface area contributed by atoms with Crippen LogP contribution in [-0.4, -0.2) is 48.2 Å². The quantitative estimate of drug-likeness (QED) is 0.631. The van der Waals surface area contributed by atoms with E-state index < -0.39 is 6.10 Å². The standard InChI is InChI=1S/C23H24ClN5O2/c1-17(31-20-10-6-5-9-19(20)24)23(30)27-21-15-22(26-16-25-21)29-13-11-28(12-14-29)18-7-3-2-4-8-18/h2-10,15-17H,11-14H2,1H3,(H,25,26,27,30)/t17-/m1/s1. The summed E-state index contributed by atoms with van der Waals surface area (Å²) in [7, 11) is 0. The van der Waals surface area contributed by atoms with E-state index in [1.807, 2.05) is 12.1 Å². The smallest absolute Gasteiger partial charge is 0.266 e. The number of ether oxygens (including phenoxy) is 1. The van der Waals surface area contributed by atoms with Gasteiger partial charge >= 0.3 is 0 Å². The lowest BCUT2D eigenvalue weighted by Gasteiger charge is -2.36. The molecule has 160 valence electrons. The molecule has 1 aliphatic rings. The van der Waals surface area contributed by atoms with E-state index in [1.54, 1.807) is 31.2 Å². The number of nitrogens with one attached hydrogen (secondary N) is 1. The number of carbonyl (C=O) groups excluding carboxylic acids is 1. The molecule has 1 aromatic heterocycles. The molecule has 1 saturated heterocycles. The summed E-state index contributed by atoms with van der Waals surface area (Å²) in [6, 6.07) is 19.2. The molecule has 8 heteroatoms. The Balaban J connectivity index is 1.35. The van der Waals surface area contributed by atoms with Gasteiger partial charge < -0.3 is 19.9 Å². The van der Waals surface area contributed by atoms with Crippen molar-refractivity contribution in [2.75, 3.05) is 41.3 Å². The highest BCUT2D eigenvalue weighted by molar-refractivity contribution is 6.32. The number of carbonyl (C=O) groups is 1. The second-order valence-electron chi connectivity index (χ2n) is 7.25. The number of para-hydroxylation sites is 2. The number of aromatic nitrogens is 2. The lowest BCUT2D eigenvalue weighted by Crippen LogP contribution is -2.46. The Bertz CT molecular complexity index is 1030. The number of nitrogens with zero attached hydrogens (tertiary/aromatic N) is 4. The molecule has 1 atom stereocenters. The third kappa shape index (κ3) is 5.24. The predicted octanol–water partition coefficient (Wildman–Crippen LogP) is 3.86. The van der Waals surface area contributed by atoms with Crippen LogP contribution in [0.2, 0.25) is 5.02 Å². The fourth-order valence-corrected chi connectivity index (χ4v) is 3.61. The van der Waals surface area contributed by atoms with Gasteiger partial charge in [-0.2, -0.15) is 0 Å². The van der Waals surface area contributed by atoms with Gasteiger partial charge in [0.15, 0.2) is 6.10 Å². The van der Waals surface area contributed by atoms with Gasteiger partial charge in [-0.05, 0) is 31.2 Å². The summed E-state index contributed by atoms with van der Waals surface area (Å²) in [5, 5.41) is 3.26.